The zero-order chi connectivity index (χ0) is 10.0. The van der Waals surface area contributed by atoms with E-state index in [0.29, 0.717) is 0 Å². The largest absolute Gasteiger partial charge is 0.0929 e. The molecule has 0 nitrogen and oxygen atoms in total. The van der Waals surface area contributed by atoms with Crippen LogP contribution in [0.5, 0.6) is 0 Å². The summed E-state index contributed by atoms with van der Waals surface area (Å²) in [5.74, 6) is 0. The van der Waals surface area contributed by atoms with E-state index in [1.807, 2.05) is 6.08 Å². The molecule has 0 spiro atoms. The molecule has 0 atom stereocenters. The predicted molar refractivity (Wildman–Crippen MR) is 60.3 cm³/mol. The topological polar surface area (TPSA) is 0 Å². The van der Waals surface area contributed by atoms with Gasteiger partial charge in [-0.3, -0.25) is 0 Å². The van der Waals surface area contributed by atoms with Gasteiger partial charge >= 0.3 is 0 Å². The summed E-state index contributed by atoms with van der Waals surface area (Å²) in [6.45, 7) is 8.53. The molecule has 0 amide bonds. The molecule has 1 aromatic carbocycles. The fraction of sp³-hybridized carbons (Fsp3) is 0.333. The van der Waals surface area contributed by atoms with Crippen molar-refractivity contribution in [2.45, 2.75) is 27.7 Å². The molecule has 1 aromatic rings. The van der Waals surface area contributed by atoms with E-state index < -0.39 is 0 Å². The molecule has 0 saturated heterocycles. The first-order valence-corrected chi connectivity index (χ1v) is 4.85. The van der Waals surface area contributed by atoms with Crippen LogP contribution in [0.15, 0.2) is 11.6 Å². The zero-order valence-electron chi connectivity index (χ0n) is 8.61. The van der Waals surface area contributed by atoms with Crippen LogP contribution in [0, 0.1) is 27.7 Å². The van der Waals surface area contributed by atoms with Crippen molar-refractivity contribution >= 4 is 17.7 Å². The summed E-state index contributed by atoms with van der Waals surface area (Å²) in [5.41, 5.74) is 8.13. The molecule has 70 valence electrons. The minimum absolute atomic E-state index is 1.26. The standard InChI is InChI=1S/C12H15Cl/c1-8-7-9(2)11(4)12(5-6-13)10(8)3/h5-7H,1-4H3/b6-5-. The summed E-state index contributed by atoms with van der Waals surface area (Å²) in [7, 11) is 0. The Balaban J connectivity index is 3.46. The van der Waals surface area contributed by atoms with E-state index in [4.69, 9.17) is 11.6 Å². The monoisotopic (exact) mass is 194 g/mol. The minimum Gasteiger partial charge on any atom is -0.0929 e. The van der Waals surface area contributed by atoms with Crippen molar-refractivity contribution in [3.8, 4) is 0 Å². The van der Waals surface area contributed by atoms with Gasteiger partial charge in [0, 0.05) is 5.54 Å². The molecule has 0 radical (unpaired) electrons. The van der Waals surface area contributed by atoms with Crippen molar-refractivity contribution in [1.82, 2.24) is 0 Å². The highest BCUT2D eigenvalue weighted by atomic mass is 35.5. The second-order valence-electron chi connectivity index (χ2n) is 3.47. The van der Waals surface area contributed by atoms with Gasteiger partial charge in [0.1, 0.15) is 0 Å². The summed E-state index contributed by atoms with van der Waals surface area (Å²) in [4.78, 5) is 0. The molecule has 0 saturated carbocycles. The fourth-order valence-corrected chi connectivity index (χ4v) is 1.69. The first-order chi connectivity index (χ1) is 6.07. The first kappa shape index (κ1) is 10.3. The zero-order valence-corrected chi connectivity index (χ0v) is 9.37. The van der Waals surface area contributed by atoms with Gasteiger partial charge in [-0.2, -0.15) is 0 Å². The van der Waals surface area contributed by atoms with Gasteiger partial charge in [-0.05, 0) is 61.6 Å². The van der Waals surface area contributed by atoms with Gasteiger partial charge in [-0.1, -0.05) is 17.7 Å². The van der Waals surface area contributed by atoms with Crippen molar-refractivity contribution in [1.29, 1.82) is 0 Å². The average Bonchev–Trinajstić information content (AvgIpc) is 2.09. The van der Waals surface area contributed by atoms with Crippen LogP contribution in [0.4, 0.5) is 0 Å². The number of benzene rings is 1. The molecule has 0 heterocycles. The van der Waals surface area contributed by atoms with E-state index in [9.17, 15) is 0 Å². The highest BCUT2D eigenvalue weighted by molar-refractivity contribution is 6.27. The molecule has 0 fully saturated rings. The van der Waals surface area contributed by atoms with Crippen LogP contribution in [-0.2, 0) is 0 Å². The summed E-state index contributed by atoms with van der Waals surface area (Å²) >= 11 is 5.60. The molecule has 1 heteroatoms. The van der Waals surface area contributed by atoms with Gasteiger partial charge < -0.3 is 0 Å². The number of hydrogen-bond donors (Lipinski definition) is 0. The molecule has 0 bridgehead atoms. The van der Waals surface area contributed by atoms with Crippen molar-refractivity contribution < 1.29 is 0 Å². The maximum absolute atomic E-state index is 5.60. The number of hydrogen-bond acceptors (Lipinski definition) is 0. The Kier molecular flexibility index (Phi) is 3.16. The van der Waals surface area contributed by atoms with E-state index in [-0.39, 0.29) is 0 Å². The summed E-state index contributed by atoms with van der Waals surface area (Å²) in [5, 5.41) is 0. The third-order valence-electron chi connectivity index (χ3n) is 2.65. The second kappa shape index (κ2) is 3.97. The third-order valence-corrected chi connectivity index (χ3v) is 2.78. The maximum atomic E-state index is 5.60. The molecule has 1 rings (SSSR count). The Bertz CT molecular complexity index is 322. The lowest BCUT2D eigenvalue weighted by Gasteiger charge is -2.11. The van der Waals surface area contributed by atoms with Gasteiger partial charge in [-0.15, -0.1) is 0 Å². The third kappa shape index (κ3) is 1.94. The van der Waals surface area contributed by atoms with E-state index >= 15 is 0 Å². The molecule has 13 heavy (non-hydrogen) atoms. The van der Waals surface area contributed by atoms with Gasteiger partial charge in [0.15, 0.2) is 0 Å². The van der Waals surface area contributed by atoms with E-state index in [1.165, 1.54) is 27.8 Å². The van der Waals surface area contributed by atoms with Gasteiger partial charge in [0.05, 0.1) is 0 Å². The Morgan fingerprint density at radius 3 is 1.85 bits per heavy atom. The number of halogens is 1. The molecule has 0 aliphatic heterocycles. The molecular formula is C12H15Cl. The van der Waals surface area contributed by atoms with Crippen LogP contribution in [-0.4, -0.2) is 0 Å². The highest BCUT2D eigenvalue weighted by Crippen LogP contribution is 2.22. The lowest BCUT2D eigenvalue weighted by atomic mass is 9.94. The van der Waals surface area contributed by atoms with Crippen LogP contribution < -0.4 is 0 Å². The summed E-state index contributed by atoms with van der Waals surface area (Å²) in [6.07, 6.45) is 1.96. The van der Waals surface area contributed by atoms with Gasteiger partial charge in [0.2, 0.25) is 0 Å². The van der Waals surface area contributed by atoms with Gasteiger partial charge in [0.25, 0.3) is 0 Å². The van der Waals surface area contributed by atoms with E-state index in [2.05, 4.69) is 33.8 Å². The summed E-state index contributed by atoms with van der Waals surface area (Å²) in [6, 6.07) is 2.22. The smallest absolute Gasteiger partial charge is 0.00486 e. The Labute approximate surface area is 85.2 Å². The van der Waals surface area contributed by atoms with E-state index in [0.717, 1.165) is 0 Å². The van der Waals surface area contributed by atoms with Crippen LogP contribution in [0.25, 0.3) is 6.08 Å². The molecule has 0 aliphatic carbocycles. The SMILES string of the molecule is Cc1cc(C)c(C)c(/C=C\Cl)c1C. The quantitative estimate of drug-likeness (QED) is 0.631. The minimum atomic E-state index is 1.26. The fourth-order valence-electron chi connectivity index (χ4n) is 1.56. The van der Waals surface area contributed by atoms with Crippen LogP contribution >= 0.6 is 11.6 Å². The van der Waals surface area contributed by atoms with E-state index in [1.54, 1.807) is 5.54 Å². The van der Waals surface area contributed by atoms with Crippen molar-refractivity contribution in [2.75, 3.05) is 0 Å². The highest BCUT2D eigenvalue weighted by Gasteiger charge is 2.04. The van der Waals surface area contributed by atoms with Crippen LogP contribution in [0.1, 0.15) is 27.8 Å². The molecule has 0 unspecified atom stereocenters. The lowest BCUT2D eigenvalue weighted by Crippen LogP contribution is -1.93. The predicted octanol–water partition coefficient (Wildman–Crippen LogP) is 4.13. The van der Waals surface area contributed by atoms with Crippen molar-refractivity contribution in [3.05, 3.63) is 39.4 Å². The van der Waals surface area contributed by atoms with Gasteiger partial charge in [-0.25, -0.2) is 0 Å². The lowest BCUT2D eigenvalue weighted by molar-refractivity contribution is 1.23. The molecular weight excluding hydrogens is 180 g/mol. The van der Waals surface area contributed by atoms with Crippen LogP contribution in [0.2, 0.25) is 0 Å². The number of aryl methyl sites for hydroxylation is 2. The molecule has 0 aliphatic rings. The second-order valence-corrected chi connectivity index (χ2v) is 3.72. The number of rotatable bonds is 1. The molecule has 0 N–H and O–H groups in total. The Hall–Kier alpha value is -0.750. The van der Waals surface area contributed by atoms with Crippen LogP contribution in [0.3, 0.4) is 0 Å². The average molecular weight is 195 g/mol. The summed E-state index contributed by atoms with van der Waals surface area (Å²) < 4.78 is 0. The Morgan fingerprint density at radius 1 is 1.00 bits per heavy atom. The first-order valence-electron chi connectivity index (χ1n) is 4.42. The van der Waals surface area contributed by atoms with Crippen molar-refractivity contribution in [2.24, 2.45) is 0 Å². The molecule has 0 aromatic heterocycles. The van der Waals surface area contributed by atoms with Crippen molar-refractivity contribution in [3.63, 3.8) is 0 Å². The normalized spacial score (nSPS) is 11.2. The Morgan fingerprint density at radius 2 is 1.46 bits per heavy atom. The maximum Gasteiger partial charge on any atom is 0.00486 e.